The van der Waals surface area contributed by atoms with Crippen molar-refractivity contribution in [3.63, 3.8) is 0 Å². The van der Waals surface area contributed by atoms with Crippen LogP contribution in [0.3, 0.4) is 0 Å². The Morgan fingerprint density at radius 1 is 1.35 bits per heavy atom. The maximum absolute atomic E-state index is 5.57. The van der Waals surface area contributed by atoms with E-state index in [4.69, 9.17) is 4.74 Å². The van der Waals surface area contributed by atoms with E-state index in [1.54, 1.807) is 11.3 Å². The Balaban J connectivity index is 1.75. The third-order valence-corrected chi connectivity index (χ3v) is 4.21. The molecule has 0 aliphatic carbocycles. The Kier molecular flexibility index (Phi) is 3.04. The highest BCUT2D eigenvalue weighted by Crippen LogP contribution is 2.25. The molecule has 1 fully saturated rings. The first-order chi connectivity index (χ1) is 8.31. The van der Waals surface area contributed by atoms with Crippen molar-refractivity contribution in [1.29, 1.82) is 0 Å². The molecule has 1 aromatic carbocycles. The van der Waals surface area contributed by atoms with Gasteiger partial charge < -0.3 is 10.1 Å². The molecular formula is C14H17NOS. The average Bonchev–Trinajstić information content (AvgIpc) is 2.76. The van der Waals surface area contributed by atoms with Crippen molar-refractivity contribution in [2.24, 2.45) is 0 Å². The molecule has 0 saturated carbocycles. The third kappa shape index (κ3) is 2.45. The van der Waals surface area contributed by atoms with Crippen LogP contribution in [-0.2, 0) is 4.74 Å². The number of fused-ring (bicyclic) bond motifs is 1. The van der Waals surface area contributed by atoms with Gasteiger partial charge in [-0.3, -0.25) is 0 Å². The van der Waals surface area contributed by atoms with E-state index in [1.807, 2.05) is 0 Å². The number of rotatable bonds is 2. The molecule has 1 aliphatic heterocycles. The molecule has 3 heteroatoms. The fraction of sp³-hybridized carbons (Fsp3) is 0.429. The topological polar surface area (TPSA) is 21.3 Å². The molecule has 1 aliphatic rings. The van der Waals surface area contributed by atoms with E-state index in [2.05, 4.69) is 41.9 Å². The summed E-state index contributed by atoms with van der Waals surface area (Å²) in [5.74, 6) is 0. The SMILES string of the molecule is CC1CC(Nc2ccc3sccc3c2)CCO1. The van der Waals surface area contributed by atoms with Gasteiger partial charge in [0.25, 0.3) is 0 Å². The third-order valence-electron chi connectivity index (χ3n) is 3.31. The van der Waals surface area contributed by atoms with Gasteiger partial charge in [-0.2, -0.15) is 0 Å². The maximum Gasteiger partial charge on any atom is 0.0566 e. The van der Waals surface area contributed by atoms with Crippen LogP contribution in [0.4, 0.5) is 5.69 Å². The molecule has 2 unspecified atom stereocenters. The first-order valence-electron chi connectivity index (χ1n) is 6.17. The van der Waals surface area contributed by atoms with E-state index in [1.165, 1.54) is 15.8 Å². The molecule has 0 bridgehead atoms. The van der Waals surface area contributed by atoms with Gasteiger partial charge in [0.15, 0.2) is 0 Å². The van der Waals surface area contributed by atoms with Crippen LogP contribution in [0.5, 0.6) is 0 Å². The lowest BCUT2D eigenvalue weighted by Gasteiger charge is -2.28. The highest BCUT2D eigenvalue weighted by atomic mass is 32.1. The number of hydrogen-bond donors (Lipinski definition) is 1. The van der Waals surface area contributed by atoms with Crippen LogP contribution in [0.15, 0.2) is 29.6 Å². The van der Waals surface area contributed by atoms with Crippen LogP contribution in [0.1, 0.15) is 19.8 Å². The number of benzene rings is 1. The Bertz CT molecular complexity index is 508. The lowest BCUT2D eigenvalue weighted by atomic mass is 10.0. The van der Waals surface area contributed by atoms with Crippen molar-refractivity contribution < 1.29 is 4.74 Å². The maximum atomic E-state index is 5.57. The minimum Gasteiger partial charge on any atom is -0.382 e. The molecule has 90 valence electrons. The molecular weight excluding hydrogens is 230 g/mol. The zero-order chi connectivity index (χ0) is 11.7. The van der Waals surface area contributed by atoms with Gasteiger partial charge in [0.05, 0.1) is 6.10 Å². The fourth-order valence-electron chi connectivity index (χ4n) is 2.42. The number of ether oxygens (including phenoxy) is 1. The van der Waals surface area contributed by atoms with E-state index in [0.29, 0.717) is 12.1 Å². The van der Waals surface area contributed by atoms with Gasteiger partial charge in [-0.15, -0.1) is 11.3 Å². The van der Waals surface area contributed by atoms with E-state index in [9.17, 15) is 0 Å². The van der Waals surface area contributed by atoms with Crippen molar-refractivity contribution in [3.05, 3.63) is 29.6 Å². The quantitative estimate of drug-likeness (QED) is 0.869. The molecule has 0 radical (unpaired) electrons. The average molecular weight is 247 g/mol. The van der Waals surface area contributed by atoms with Crippen molar-refractivity contribution in [2.45, 2.75) is 31.9 Å². The van der Waals surface area contributed by atoms with Gasteiger partial charge in [0, 0.05) is 23.0 Å². The largest absolute Gasteiger partial charge is 0.382 e. The highest BCUT2D eigenvalue weighted by molar-refractivity contribution is 7.17. The predicted molar refractivity (Wildman–Crippen MR) is 73.9 cm³/mol. The Labute approximate surface area is 106 Å². The van der Waals surface area contributed by atoms with Crippen molar-refractivity contribution in [1.82, 2.24) is 0 Å². The van der Waals surface area contributed by atoms with Gasteiger partial charge in [-0.05, 0) is 54.8 Å². The Morgan fingerprint density at radius 3 is 3.18 bits per heavy atom. The number of nitrogens with one attached hydrogen (secondary N) is 1. The Morgan fingerprint density at radius 2 is 2.29 bits per heavy atom. The van der Waals surface area contributed by atoms with Crippen LogP contribution >= 0.6 is 11.3 Å². The van der Waals surface area contributed by atoms with Crippen LogP contribution in [0.2, 0.25) is 0 Å². The fourth-order valence-corrected chi connectivity index (χ4v) is 3.19. The first-order valence-corrected chi connectivity index (χ1v) is 7.04. The number of thiophene rings is 1. The van der Waals surface area contributed by atoms with E-state index in [-0.39, 0.29) is 0 Å². The standard InChI is InChI=1S/C14H17NOS/c1-10-8-13(4-6-16-10)15-12-2-3-14-11(9-12)5-7-17-14/h2-3,5,7,9-10,13,15H,4,6,8H2,1H3. The number of hydrogen-bond acceptors (Lipinski definition) is 3. The highest BCUT2D eigenvalue weighted by Gasteiger charge is 2.18. The summed E-state index contributed by atoms with van der Waals surface area (Å²) >= 11 is 1.79. The molecule has 0 amide bonds. The van der Waals surface area contributed by atoms with Crippen LogP contribution < -0.4 is 5.32 Å². The molecule has 2 atom stereocenters. The molecule has 3 rings (SSSR count). The summed E-state index contributed by atoms with van der Waals surface area (Å²) in [6.45, 7) is 3.02. The Hall–Kier alpha value is -1.06. The van der Waals surface area contributed by atoms with E-state index in [0.717, 1.165) is 19.4 Å². The summed E-state index contributed by atoms with van der Waals surface area (Å²) in [6, 6.07) is 9.35. The summed E-state index contributed by atoms with van der Waals surface area (Å²) in [5, 5.41) is 7.10. The molecule has 2 nitrogen and oxygen atoms in total. The van der Waals surface area contributed by atoms with Gasteiger partial charge >= 0.3 is 0 Å². The van der Waals surface area contributed by atoms with Crippen LogP contribution in [0, 0.1) is 0 Å². The lowest BCUT2D eigenvalue weighted by molar-refractivity contribution is 0.0232. The minimum absolute atomic E-state index is 0.381. The van der Waals surface area contributed by atoms with Crippen LogP contribution in [-0.4, -0.2) is 18.8 Å². The molecule has 1 saturated heterocycles. The normalized spacial score (nSPS) is 25.0. The predicted octanol–water partition coefficient (Wildman–Crippen LogP) is 3.88. The van der Waals surface area contributed by atoms with Crippen molar-refractivity contribution >= 4 is 27.1 Å². The zero-order valence-corrected chi connectivity index (χ0v) is 10.8. The number of anilines is 1. The lowest BCUT2D eigenvalue weighted by Crippen LogP contribution is -2.32. The van der Waals surface area contributed by atoms with Crippen LogP contribution in [0.25, 0.3) is 10.1 Å². The summed E-state index contributed by atoms with van der Waals surface area (Å²) in [4.78, 5) is 0. The minimum atomic E-state index is 0.381. The first kappa shape index (κ1) is 11.1. The van der Waals surface area contributed by atoms with Gasteiger partial charge in [-0.1, -0.05) is 0 Å². The molecule has 1 N–H and O–H groups in total. The van der Waals surface area contributed by atoms with Gasteiger partial charge in [0.1, 0.15) is 0 Å². The van der Waals surface area contributed by atoms with E-state index >= 15 is 0 Å². The smallest absolute Gasteiger partial charge is 0.0566 e. The summed E-state index contributed by atoms with van der Waals surface area (Å²) in [6.07, 6.45) is 2.58. The van der Waals surface area contributed by atoms with Gasteiger partial charge in [0.2, 0.25) is 0 Å². The monoisotopic (exact) mass is 247 g/mol. The second-order valence-corrected chi connectivity index (χ2v) is 5.67. The molecule has 2 aromatic rings. The second-order valence-electron chi connectivity index (χ2n) is 4.72. The zero-order valence-electron chi connectivity index (χ0n) is 9.98. The van der Waals surface area contributed by atoms with E-state index < -0.39 is 0 Å². The molecule has 0 spiro atoms. The van der Waals surface area contributed by atoms with Crippen molar-refractivity contribution in [2.75, 3.05) is 11.9 Å². The summed E-state index contributed by atoms with van der Waals surface area (Å²) in [7, 11) is 0. The van der Waals surface area contributed by atoms with Crippen molar-refractivity contribution in [3.8, 4) is 0 Å². The molecule has 1 aromatic heterocycles. The molecule has 17 heavy (non-hydrogen) atoms. The second kappa shape index (κ2) is 4.67. The summed E-state index contributed by atoms with van der Waals surface area (Å²) < 4.78 is 6.92. The molecule has 2 heterocycles. The summed E-state index contributed by atoms with van der Waals surface area (Å²) in [5.41, 5.74) is 1.23. The van der Waals surface area contributed by atoms with Gasteiger partial charge in [-0.25, -0.2) is 0 Å².